The summed E-state index contributed by atoms with van der Waals surface area (Å²) in [6, 6.07) is 11.4. The first-order chi connectivity index (χ1) is 12.8. The zero-order valence-electron chi connectivity index (χ0n) is 15.1. The zero-order chi connectivity index (χ0) is 17.5. The molecule has 0 radical (unpaired) electrons. The van der Waals surface area contributed by atoms with Crippen LogP contribution in [-0.2, 0) is 0 Å². The number of aromatic nitrogens is 3. The van der Waals surface area contributed by atoms with Gasteiger partial charge in [-0.25, -0.2) is 9.97 Å². The van der Waals surface area contributed by atoms with Gasteiger partial charge in [0.1, 0.15) is 17.0 Å². The Morgan fingerprint density at radius 2 is 1.88 bits per heavy atom. The van der Waals surface area contributed by atoms with E-state index in [0.29, 0.717) is 12.1 Å². The van der Waals surface area contributed by atoms with Gasteiger partial charge in [0.25, 0.3) is 0 Å². The lowest BCUT2D eigenvalue weighted by Gasteiger charge is -2.38. The Morgan fingerprint density at radius 3 is 2.73 bits per heavy atom. The molecule has 0 saturated carbocycles. The molecule has 5 heteroatoms. The highest BCUT2D eigenvalue weighted by molar-refractivity contribution is 5.86. The number of pyridine rings is 1. The molecule has 1 aromatic carbocycles. The minimum Gasteiger partial charge on any atom is -0.494 e. The predicted molar refractivity (Wildman–Crippen MR) is 102 cm³/mol. The second-order valence-corrected chi connectivity index (χ2v) is 7.34. The zero-order valence-corrected chi connectivity index (χ0v) is 15.1. The van der Waals surface area contributed by atoms with Gasteiger partial charge in [-0.2, -0.15) is 0 Å². The highest BCUT2D eigenvalue weighted by Crippen LogP contribution is 2.37. The normalized spacial score (nSPS) is 23.3. The van der Waals surface area contributed by atoms with Crippen molar-refractivity contribution in [3.05, 3.63) is 42.7 Å². The van der Waals surface area contributed by atoms with Crippen LogP contribution in [0.1, 0.15) is 31.7 Å². The maximum Gasteiger partial charge on any atom is 0.158 e. The Balaban J connectivity index is 1.58. The van der Waals surface area contributed by atoms with E-state index in [1.54, 1.807) is 7.11 Å². The van der Waals surface area contributed by atoms with Crippen molar-refractivity contribution in [1.82, 2.24) is 19.4 Å². The van der Waals surface area contributed by atoms with Gasteiger partial charge >= 0.3 is 0 Å². The molecule has 0 N–H and O–H groups in total. The Labute approximate surface area is 153 Å². The molecule has 0 spiro atoms. The fourth-order valence-corrected chi connectivity index (χ4v) is 4.77. The number of nitrogens with zero attached hydrogens (tertiary/aromatic N) is 4. The van der Waals surface area contributed by atoms with Crippen molar-refractivity contribution in [1.29, 1.82) is 0 Å². The van der Waals surface area contributed by atoms with Gasteiger partial charge in [0, 0.05) is 23.8 Å². The summed E-state index contributed by atoms with van der Waals surface area (Å²) in [5.41, 5.74) is 1.82. The maximum absolute atomic E-state index is 5.51. The van der Waals surface area contributed by atoms with Gasteiger partial charge in [0.2, 0.25) is 0 Å². The first kappa shape index (κ1) is 15.8. The van der Waals surface area contributed by atoms with E-state index in [1.165, 1.54) is 38.8 Å². The molecule has 2 aliphatic rings. The highest BCUT2D eigenvalue weighted by Gasteiger charge is 2.36. The van der Waals surface area contributed by atoms with E-state index in [-0.39, 0.29) is 0 Å². The Kier molecular flexibility index (Phi) is 3.89. The lowest BCUT2D eigenvalue weighted by molar-refractivity contribution is 0.139. The largest absolute Gasteiger partial charge is 0.494 e. The Morgan fingerprint density at radius 1 is 1.04 bits per heavy atom. The van der Waals surface area contributed by atoms with Crippen LogP contribution in [0.5, 0.6) is 5.75 Å². The number of fused-ring (bicyclic) bond motifs is 2. The molecule has 3 aromatic rings. The van der Waals surface area contributed by atoms with Crippen molar-refractivity contribution in [2.24, 2.45) is 0 Å². The number of piperidine rings is 1. The van der Waals surface area contributed by atoms with Crippen LogP contribution in [0, 0.1) is 0 Å². The van der Waals surface area contributed by atoms with E-state index < -0.39 is 0 Å². The van der Waals surface area contributed by atoms with E-state index >= 15 is 0 Å². The number of para-hydroxylation sites is 1. The first-order valence-corrected chi connectivity index (χ1v) is 9.56. The molecule has 0 unspecified atom stereocenters. The smallest absolute Gasteiger partial charge is 0.158 e. The molecule has 134 valence electrons. The number of benzene rings is 1. The minimum atomic E-state index is 0.499. The van der Waals surface area contributed by atoms with E-state index in [1.807, 2.05) is 18.3 Å². The molecule has 0 aliphatic carbocycles. The van der Waals surface area contributed by atoms with Crippen molar-refractivity contribution in [2.75, 3.05) is 20.2 Å². The fourth-order valence-electron chi connectivity index (χ4n) is 4.77. The topological polar surface area (TPSA) is 43.2 Å². The quantitative estimate of drug-likeness (QED) is 0.720. The van der Waals surface area contributed by atoms with Gasteiger partial charge < -0.3 is 9.30 Å². The summed E-state index contributed by atoms with van der Waals surface area (Å²) in [6.07, 6.45) is 9.14. The third-order valence-corrected chi connectivity index (χ3v) is 5.96. The van der Waals surface area contributed by atoms with Gasteiger partial charge in [-0.15, -0.1) is 0 Å². The second-order valence-electron chi connectivity index (χ2n) is 7.34. The van der Waals surface area contributed by atoms with Crippen molar-refractivity contribution in [3.63, 3.8) is 0 Å². The monoisotopic (exact) mass is 348 g/mol. The van der Waals surface area contributed by atoms with Gasteiger partial charge in [-0.3, -0.25) is 4.90 Å². The van der Waals surface area contributed by atoms with Crippen LogP contribution in [0.15, 0.2) is 42.7 Å². The van der Waals surface area contributed by atoms with Gasteiger partial charge in [0.15, 0.2) is 5.82 Å². The summed E-state index contributed by atoms with van der Waals surface area (Å²) in [5, 5.41) is 1.09. The summed E-state index contributed by atoms with van der Waals surface area (Å²) in [5.74, 6) is 1.78. The minimum absolute atomic E-state index is 0.499. The summed E-state index contributed by atoms with van der Waals surface area (Å²) < 4.78 is 7.87. The molecule has 2 saturated heterocycles. The van der Waals surface area contributed by atoms with Crippen LogP contribution in [-0.4, -0.2) is 45.7 Å². The summed E-state index contributed by atoms with van der Waals surface area (Å²) in [4.78, 5) is 12.2. The van der Waals surface area contributed by atoms with Gasteiger partial charge in [-0.05, 0) is 50.9 Å². The molecular formula is C21H24N4O. The predicted octanol–water partition coefficient (Wildman–Crippen LogP) is 3.91. The highest BCUT2D eigenvalue weighted by atomic mass is 16.5. The molecule has 2 aliphatic heterocycles. The van der Waals surface area contributed by atoms with Crippen molar-refractivity contribution in [3.8, 4) is 17.3 Å². The summed E-state index contributed by atoms with van der Waals surface area (Å²) >= 11 is 0. The molecule has 4 heterocycles. The van der Waals surface area contributed by atoms with Crippen LogP contribution < -0.4 is 4.74 Å². The van der Waals surface area contributed by atoms with Crippen LogP contribution in [0.3, 0.4) is 0 Å². The van der Waals surface area contributed by atoms with E-state index in [4.69, 9.17) is 9.72 Å². The maximum atomic E-state index is 5.51. The molecule has 5 nitrogen and oxygen atoms in total. The number of hydrogen-bond acceptors (Lipinski definition) is 4. The molecular weight excluding hydrogens is 324 g/mol. The lowest BCUT2D eigenvalue weighted by Crippen LogP contribution is -2.41. The third kappa shape index (κ3) is 2.50. The molecule has 2 fully saturated rings. The SMILES string of the molecule is COc1cccc2ccc(-c3nccn3[C@@H]3CCCN4CCC[C@H]34)nc12. The second kappa shape index (κ2) is 6.40. The number of ether oxygens (including phenoxy) is 1. The van der Waals surface area contributed by atoms with E-state index in [0.717, 1.165) is 28.2 Å². The third-order valence-electron chi connectivity index (χ3n) is 5.96. The Bertz CT molecular complexity index is 935. The van der Waals surface area contributed by atoms with Gasteiger partial charge in [-0.1, -0.05) is 18.2 Å². The standard InChI is InChI=1S/C21H24N4O/c1-26-19-8-2-5-15-9-10-16(23-20(15)19)21-22-11-14-25(21)18-7-4-13-24-12-3-6-17(18)24/h2,5,8-11,14,17-18H,3-4,6-7,12-13H2,1H3/t17-,18-/m1/s1. The number of hydrogen-bond donors (Lipinski definition) is 0. The summed E-state index contributed by atoms with van der Waals surface area (Å²) in [7, 11) is 1.70. The van der Waals surface area contributed by atoms with Crippen molar-refractivity contribution < 1.29 is 4.74 Å². The van der Waals surface area contributed by atoms with Crippen LogP contribution in [0.25, 0.3) is 22.4 Å². The average Bonchev–Trinajstić information content (AvgIpc) is 3.36. The molecule has 2 aromatic heterocycles. The first-order valence-electron chi connectivity index (χ1n) is 9.56. The summed E-state index contributed by atoms with van der Waals surface area (Å²) in [6.45, 7) is 2.49. The lowest BCUT2D eigenvalue weighted by atomic mass is 9.96. The number of imidazole rings is 1. The average molecular weight is 348 g/mol. The van der Waals surface area contributed by atoms with Gasteiger partial charge in [0.05, 0.1) is 13.2 Å². The van der Waals surface area contributed by atoms with Crippen LogP contribution >= 0.6 is 0 Å². The molecule has 0 amide bonds. The van der Waals surface area contributed by atoms with E-state index in [9.17, 15) is 0 Å². The van der Waals surface area contributed by atoms with E-state index in [2.05, 4.69) is 38.8 Å². The molecule has 0 bridgehead atoms. The molecule has 26 heavy (non-hydrogen) atoms. The number of methoxy groups -OCH3 is 1. The molecule has 5 rings (SSSR count). The van der Waals surface area contributed by atoms with Crippen molar-refractivity contribution >= 4 is 10.9 Å². The Hall–Kier alpha value is -2.40. The fraction of sp³-hybridized carbons (Fsp3) is 0.429. The van der Waals surface area contributed by atoms with Crippen molar-refractivity contribution in [2.45, 2.75) is 37.8 Å². The van der Waals surface area contributed by atoms with Crippen LogP contribution in [0.4, 0.5) is 0 Å². The molecule has 2 atom stereocenters. The number of rotatable bonds is 3. The van der Waals surface area contributed by atoms with Crippen LogP contribution in [0.2, 0.25) is 0 Å².